The Balaban J connectivity index is 1.26. The molecule has 7 nitrogen and oxygen atoms in total. The van der Waals surface area contributed by atoms with Crippen molar-refractivity contribution in [2.24, 2.45) is 0 Å². The van der Waals surface area contributed by atoms with Crippen LogP contribution in [0.5, 0.6) is 17.2 Å². The van der Waals surface area contributed by atoms with E-state index in [-0.39, 0.29) is 5.91 Å². The van der Waals surface area contributed by atoms with Crippen LogP contribution in [0.2, 0.25) is 0 Å². The average Bonchev–Trinajstić information content (AvgIpc) is 3.26. The van der Waals surface area contributed by atoms with Crippen LogP contribution in [0.3, 0.4) is 0 Å². The van der Waals surface area contributed by atoms with E-state index in [0.717, 1.165) is 49.1 Å². The number of ether oxygens (including phenoxy) is 3. The number of aromatic amines is 1. The van der Waals surface area contributed by atoms with Gasteiger partial charge in [0.25, 0.3) is 5.91 Å². The van der Waals surface area contributed by atoms with Crippen LogP contribution < -0.4 is 14.2 Å². The highest BCUT2D eigenvalue weighted by Gasteiger charge is 2.25. The molecule has 34 heavy (non-hydrogen) atoms. The van der Waals surface area contributed by atoms with Gasteiger partial charge in [-0.15, -0.1) is 0 Å². The molecule has 1 amide bonds. The maximum absolute atomic E-state index is 13.3. The molecule has 1 saturated heterocycles. The second kappa shape index (κ2) is 9.58. The topological polar surface area (TPSA) is 67.0 Å². The van der Waals surface area contributed by atoms with Gasteiger partial charge < -0.3 is 24.1 Å². The highest BCUT2D eigenvalue weighted by atomic mass is 16.5. The average molecular weight is 464 g/mol. The number of carbonyl (C=O) groups is 1. The molecular weight excluding hydrogens is 430 g/mol. The van der Waals surface area contributed by atoms with Crippen LogP contribution in [0.25, 0.3) is 10.9 Å². The van der Waals surface area contributed by atoms with Gasteiger partial charge in [-0.2, -0.15) is 0 Å². The van der Waals surface area contributed by atoms with Crippen molar-refractivity contribution < 1.29 is 19.0 Å². The molecule has 2 aliphatic rings. The van der Waals surface area contributed by atoms with Crippen LogP contribution >= 0.6 is 0 Å². The zero-order valence-electron chi connectivity index (χ0n) is 20.3. The molecule has 0 bridgehead atoms. The molecule has 1 aliphatic carbocycles. The lowest BCUT2D eigenvalue weighted by Gasteiger charge is -2.35. The number of carbonyl (C=O) groups excluding carboxylic acids is 1. The van der Waals surface area contributed by atoms with Gasteiger partial charge in [0, 0.05) is 60.4 Å². The summed E-state index contributed by atoms with van der Waals surface area (Å²) in [7, 11) is 4.89. The maximum Gasteiger partial charge on any atom is 0.253 e. The molecule has 5 rings (SSSR count). The quantitative estimate of drug-likeness (QED) is 0.598. The van der Waals surface area contributed by atoms with E-state index in [1.165, 1.54) is 29.5 Å². The van der Waals surface area contributed by atoms with Crippen LogP contribution in [0.15, 0.2) is 30.3 Å². The summed E-state index contributed by atoms with van der Waals surface area (Å²) >= 11 is 0. The number of aromatic nitrogens is 1. The number of fused-ring (bicyclic) bond motifs is 3. The Bertz CT molecular complexity index is 1190. The molecule has 2 heterocycles. The van der Waals surface area contributed by atoms with E-state index >= 15 is 0 Å². The van der Waals surface area contributed by atoms with E-state index in [0.29, 0.717) is 30.3 Å². The molecule has 2 aromatic carbocycles. The predicted molar refractivity (Wildman–Crippen MR) is 132 cm³/mol. The lowest BCUT2D eigenvalue weighted by Crippen LogP contribution is -2.48. The number of aryl methyl sites for hydroxylation is 2. The Kier molecular flexibility index (Phi) is 6.37. The van der Waals surface area contributed by atoms with Crippen molar-refractivity contribution in [2.75, 3.05) is 47.5 Å². The normalized spacial score (nSPS) is 16.4. The summed E-state index contributed by atoms with van der Waals surface area (Å²) in [5.74, 6) is 2.08. The summed E-state index contributed by atoms with van der Waals surface area (Å²) in [5.41, 5.74) is 5.74. The summed E-state index contributed by atoms with van der Waals surface area (Å²) in [5, 5.41) is 1.22. The van der Waals surface area contributed by atoms with Gasteiger partial charge in [0.1, 0.15) is 0 Å². The van der Waals surface area contributed by atoms with Gasteiger partial charge >= 0.3 is 0 Å². The van der Waals surface area contributed by atoms with Crippen molar-refractivity contribution in [3.63, 3.8) is 0 Å². The second-order valence-electron chi connectivity index (χ2n) is 9.11. The fraction of sp³-hybridized carbons (Fsp3) is 0.444. The Labute approximate surface area is 200 Å². The fourth-order valence-corrected chi connectivity index (χ4v) is 5.36. The lowest BCUT2D eigenvalue weighted by molar-refractivity contribution is 0.0627. The van der Waals surface area contributed by atoms with Crippen molar-refractivity contribution in [2.45, 2.75) is 32.2 Å². The molecule has 1 aliphatic heterocycles. The van der Waals surface area contributed by atoms with Gasteiger partial charge in [0.2, 0.25) is 5.75 Å². The van der Waals surface area contributed by atoms with Crippen molar-refractivity contribution >= 4 is 16.8 Å². The third-order valence-corrected chi connectivity index (χ3v) is 7.18. The molecule has 0 atom stereocenters. The zero-order valence-corrected chi connectivity index (χ0v) is 20.3. The number of piperazine rings is 1. The number of methoxy groups -OCH3 is 3. The van der Waals surface area contributed by atoms with Crippen LogP contribution in [0.4, 0.5) is 0 Å². The summed E-state index contributed by atoms with van der Waals surface area (Å²) in [6.07, 6.45) is 4.68. The van der Waals surface area contributed by atoms with Gasteiger partial charge in [-0.1, -0.05) is 6.07 Å². The predicted octanol–water partition coefficient (Wildman–Crippen LogP) is 4.03. The number of benzene rings is 2. The van der Waals surface area contributed by atoms with E-state index in [2.05, 4.69) is 22.0 Å². The van der Waals surface area contributed by atoms with Gasteiger partial charge in [0.05, 0.1) is 21.3 Å². The highest BCUT2D eigenvalue weighted by Crippen LogP contribution is 2.40. The second-order valence-corrected chi connectivity index (χ2v) is 9.11. The maximum atomic E-state index is 13.3. The van der Waals surface area contributed by atoms with Gasteiger partial charge in [-0.05, 0) is 55.5 Å². The molecular formula is C27H33N3O4. The molecule has 7 heteroatoms. The molecule has 3 aromatic rings. The van der Waals surface area contributed by atoms with E-state index in [1.807, 2.05) is 23.1 Å². The number of hydrogen-bond acceptors (Lipinski definition) is 5. The number of H-pyrrole nitrogens is 1. The third kappa shape index (κ3) is 4.09. The minimum absolute atomic E-state index is 0.121. The van der Waals surface area contributed by atoms with Crippen molar-refractivity contribution in [1.29, 1.82) is 0 Å². The summed E-state index contributed by atoms with van der Waals surface area (Å²) in [4.78, 5) is 21.2. The number of nitrogens with zero attached hydrogens (tertiary/aromatic N) is 2. The van der Waals surface area contributed by atoms with Crippen LogP contribution in [0.1, 0.15) is 40.0 Å². The Hall–Kier alpha value is -3.19. The van der Waals surface area contributed by atoms with E-state index in [9.17, 15) is 4.79 Å². The number of nitrogens with one attached hydrogen (secondary N) is 1. The zero-order chi connectivity index (χ0) is 23.7. The summed E-state index contributed by atoms with van der Waals surface area (Å²) in [6.45, 7) is 3.76. The molecule has 0 unspecified atom stereocenters. The third-order valence-electron chi connectivity index (χ3n) is 7.18. The van der Waals surface area contributed by atoms with Crippen LogP contribution in [-0.2, 0) is 19.4 Å². The summed E-state index contributed by atoms with van der Waals surface area (Å²) in [6, 6.07) is 10.1. The van der Waals surface area contributed by atoms with E-state index < -0.39 is 0 Å². The van der Waals surface area contributed by atoms with Crippen molar-refractivity contribution in [1.82, 2.24) is 14.8 Å². The molecule has 0 radical (unpaired) electrons. The number of amides is 1. The standard InChI is InChI=1S/C27H33N3O4/c1-32-24-11-9-19(25(33-2)26(24)34-3)17-29-12-14-30(15-13-29)27(31)18-8-10-23-21(16-18)20-6-4-5-7-22(20)28-23/h8-11,16,28H,4-7,12-15,17H2,1-3H3. The van der Waals surface area contributed by atoms with E-state index in [1.54, 1.807) is 21.3 Å². The molecule has 0 spiro atoms. The van der Waals surface area contributed by atoms with Crippen molar-refractivity contribution in [3.8, 4) is 17.2 Å². The monoisotopic (exact) mass is 463 g/mol. The molecule has 180 valence electrons. The highest BCUT2D eigenvalue weighted by molar-refractivity contribution is 5.99. The largest absolute Gasteiger partial charge is 0.493 e. The fourth-order valence-electron chi connectivity index (χ4n) is 5.36. The molecule has 1 aromatic heterocycles. The SMILES string of the molecule is COc1ccc(CN2CCN(C(=O)c3ccc4[nH]c5c(c4c3)CCCC5)CC2)c(OC)c1OC. The van der Waals surface area contributed by atoms with Crippen LogP contribution in [-0.4, -0.2) is 68.2 Å². The first-order chi connectivity index (χ1) is 16.6. The Morgan fingerprint density at radius 2 is 1.68 bits per heavy atom. The molecule has 1 N–H and O–H groups in total. The smallest absolute Gasteiger partial charge is 0.253 e. The molecule has 0 saturated carbocycles. The first-order valence-electron chi connectivity index (χ1n) is 12.1. The van der Waals surface area contributed by atoms with Gasteiger partial charge in [-0.25, -0.2) is 0 Å². The molecule has 1 fully saturated rings. The first kappa shape index (κ1) is 22.6. The van der Waals surface area contributed by atoms with Gasteiger partial charge in [0.15, 0.2) is 11.5 Å². The number of rotatable bonds is 6. The van der Waals surface area contributed by atoms with Crippen molar-refractivity contribution in [3.05, 3.63) is 52.7 Å². The Morgan fingerprint density at radius 1 is 0.912 bits per heavy atom. The van der Waals surface area contributed by atoms with Gasteiger partial charge in [-0.3, -0.25) is 9.69 Å². The number of hydrogen-bond donors (Lipinski definition) is 1. The minimum Gasteiger partial charge on any atom is -0.493 e. The van der Waals surface area contributed by atoms with Crippen LogP contribution in [0, 0.1) is 0 Å². The summed E-state index contributed by atoms with van der Waals surface area (Å²) < 4.78 is 16.6. The minimum atomic E-state index is 0.121. The lowest BCUT2D eigenvalue weighted by atomic mass is 9.95. The van der Waals surface area contributed by atoms with E-state index in [4.69, 9.17) is 14.2 Å². The Morgan fingerprint density at radius 3 is 2.41 bits per heavy atom. The first-order valence-corrected chi connectivity index (χ1v) is 12.1.